The van der Waals surface area contributed by atoms with Gasteiger partial charge in [0, 0.05) is 6.42 Å². The van der Waals surface area contributed by atoms with Gasteiger partial charge in [0.2, 0.25) is 0 Å². The van der Waals surface area contributed by atoms with Crippen molar-refractivity contribution in [2.24, 2.45) is 5.73 Å². The van der Waals surface area contributed by atoms with Crippen LogP contribution in [-0.4, -0.2) is 26.4 Å². The predicted molar refractivity (Wildman–Crippen MR) is 48.0 cm³/mol. The molecule has 2 aromatic rings. The smallest absolute Gasteiger partial charge is 0.178 e. The lowest BCUT2D eigenvalue weighted by Crippen LogP contribution is -2.08. The van der Waals surface area contributed by atoms with Crippen molar-refractivity contribution in [3.05, 3.63) is 18.0 Å². The number of nitrogens with zero attached hydrogens (tertiary/aromatic N) is 4. The molecule has 2 aromatic heterocycles. The standard InChI is InChI=1S/C7H10N6/c8-4-3-7-11-10-6-2-1-5(9)12-13(6)7/h1-2H,3-4,8H2,(H2,9,12). The minimum Gasteiger partial charge on any atom is -0.382 e. The third-order valence-electron chi connectivity index (χ3n) is 1.72. The van der Waals surface area contributed by atoms with Crippen molar-refractivity contribution in [1.82, 2.24) is 19.8 Å². The van der Waals surface area contributed by atoms with Gasteiger partial charge in [-0.15, -0.1) is 15.3 Å². The van der Waals surface area contributed by atoms with E-state index in [-0.39, 0.29) is 0 Å². The second-order valence-electron chi connectivity index (χ2n) is 2.68. The fourth-order valence-corrected chi connectivity index (χ4v) is 1.13. The molecule has 0 bridgehead atoms. The van der Waals surface area contributed by atoms with Crippen molar-refractivity contribution >= 4 is 11.5 Å². The fraction of sp³-hybridized carbons (Fsp3) is 0.286. The summed E-state index contributed by atoms with van der Waals surface area (Å²) in [7, 11) is 0. The van der Waals surface area contributed by atoms with Crippen molar-refractivity contribution < 1.29 is 0 Å². The summed E-state index contributed by atoms with van der Waals surface area (Å²) in [5.74, 6) is 1.19. The van der Waals surface area contributed by atoms with Crippen LogP contribution in [0.15, 0.2) is 12.1 Å². The molecule has 0 unspecified atom stereocenters. The lowest BCUT2D eigenvalue weighted by atomic mass is 10.4. The first-order valence-corrected chi connectivity index (χ1v) is 3.98. The lowest BCUT2D eigenvalue weighted by molar-refractivity contribution is 0.794. The van der Waals surface area contributed by atoms with Crippen LogP contribution in [0.2, 0.25) is 0 Å². The van der Waals surface area contributed by atoms with Gasteiger partial charge in [0.25, 0.3) is 0 Å². The van der Waals surface area contributed by atoms with Crippen LogP contribution in [0, 0.1) is 0 Å². The zero-order valence-electron chi connectivity index (χ0n) is 7.01. The van der Waals surface area contributed by atoms with E-state index in [0.29, 0.717) is 24.4 Å². The van der Waals surface area contributed by atoms with Gasteiger partial charge in [-0.25, -0.2) is 0 Å². The largest absolute Gasteiger partial charge is 0.382 e. The van der Waals surface area contributed by atoms with Gasteiger partial charge < -0.3 is 11.5 Å². The molecule has 4 N–H and O–H groups in total. The molecule has 0 spiro atoms. The maximum atomic E-state index is 5.53. The molecule has 2 rings (SSSR count). The van der Waals surface area contributed by atoms with Crippen LogP contribution in [0.1, 0.15) is 5.82 Å². The molecule has 0 aliphatic carbocycles. The van der Waals surface area contributed by atoms with E-state index in [9.17, 15) is 0 Å². The first kappa shape index (κ1) is 7.93. The van der Waals surface area contributed by atoms with Crippen molar-refractivity contribution in [2.45, 2.75) is 6.42 Å². The number of hydrogen-bond acceptors (Lipinski definition) is 5. The van der Waals surface area contributed by atoms with Gasteiger partial charge in [0.1, 0.15) is 5.82 Å². The van der Waals surface area contributed by atoms with Crippen molar-refractivity contribution in [1.29, 1.82) is 0 Å². The van der Waals surface area contributed by atoms with Crippen LogP contribution in [0.25, 0.3) is 5.65 Å². The quantitative estimate of drug-likeness (QED) is 0.628. The molecule has 0 radical (unpaired) electrons. The Kier molecular flexibility index (Phi) is 1.82. The zero-order valence-corrected chi connectivity index (χ0v) is 7.01. The number of hydrogen-bond donors (Lipinski definition) is 2. The van der Waals surface area contributed by atoms with E-state index in [1.165, 1.54) is 0 Å². The topological polar surface area (TPSA) is 95.1 Å². The summed E-state index contributed by atoms with van der Waals surface area (Å²) >= 11 is 0. The van der Waals surface area contributed by atoms with E-state index in [1.54, 1.807) is 16.6 Å². The second-order valence-corrected chi connectivity index (χ2v) is 2.68. The van der Waals surface area contributed by atoms with Gasteiger partial charge in [-0.2, -0.15) is 4.52 Å². The van der Waals surface area contributed by atoms with Gasteiger partial charge in [0.15, 0.2) is 11.5 Å². The Labute approximate surface area is 74.6 Å². The monoisotopic (exact) mass is 178 g/mol. The molecule has 68 valence electrons. The number of nitrogen functional groups attached to an aromatic ring is 1. The van der Waals surface area contributed by atoms with E-state index in [0.717, 1.165) is 5.82 Å². The van der Waals surface area contributed by atoms with Crippen LogP contribution in [-0.2, 0) is 6.42 Å². The molecule has 0 fully saturated rings. The molecule has 0 saturated heterocycles. The summed E-state index contributed by atoms with van der Waals surface area (Å²) in [5.41, 5.74) is 11.6. The Bertz CT molecular complexity index is 420. The van der Waals surface area contributed by atoms with Crippen molar-refractivity contribution in [3.63, 3.8) is 0 Å². The molecule has 0 aromatic carbocycles. The maximum absolute atomic E-state index is 5.53. The molecule has 6 nitrogen and oxygen atoms in total. The Morgan fingerprint density at radius 3 is 2.92 bits per heavy atom. The average Bonchev–Trinajstić information content (AvgIpc) is 2.49. The summed E-state index contributed by atoms with van der Waals surface area (Å²) in [6.07, 6.45) is 0.650. The normalized spacial score (nSPS) is 10.8. The van der Waals surface area contributed by atoms with Gasteiger partial charge in [0.05, 0.1) is 0 Å². The summed E-state index contributed by atoms with van der Waals surface area (Å²) in [5, 5.41) is 11.9. The fourth-order valence-electron chi connectivity index (χ4n) is 1.13. The average molecular weight is 178 g/mol. The number of anilines is 1. The summed E-state index contributed by atoms with van der Waals surface area (Å²) in [4.78, 5) is 0. The number of nitrogens with two attached hydrogens (primary N) is 2. The second kappa shape index (κ2) is 2.98. The third kappa shape index (κ3) is 1.31. The van der Waals surface area contributed by atoms with E-state index >= 15 is 0 Å². The van der Waals surface area contributed by atoms with E-state index in [2.05, 4.69) is 15.3 Å². The third-order valence-corrected chi connectivity index (χ3v) is 1.72. The number of fused-ring (bicyclic) bond motifs is 1. The Morgan fingerprint density at radius 2 is 2.15 bits per heavy atom. The van der Waals surface area contributed by atoms with Crippen LogP contribution in [0.5, 0.6) is 0 Å². The summed E-state index contributed by atoms with van der Waals surface area (Å²) < 4.78 is 1.61. The molecular formula is C7H10N6. The Hall–Kier alpha value is -1.69. The molecule has 0 atom stereocenters. The zero-order chi connectivity index (χ0) is 9.26. The molecule has 13 heavy (non-hydrogen) atoms. The van der Waals surface area contributed by atoms with Crippen LogP contribution in [0.3, 0.4) is 0 Å². The summed E-state index contributed by atoms with van der Waals surface area (Å²) in [6, 6.07) is 3.46. The molecule has 0 saturated carbocycles. The SMILES string of the molecule is NCCc1nnc2ccc(N)nn12. The van der Waals surface area contributed by atoms with E-state index in [4.69, 9.17) is 11.5 Å². The molecule has 6 heteroatoms. The van der Waals surface area contributed by atoms with E-state index in [1.807, 2.05) is 0 Å². The van der Waals surface area contributed by atoms with Gasteiger partial charge in [-0.1, -0.05) is 0 Å². The van der Waals surface area contributed by atoms with E-state index < -0.39 is 0 Å². The Morgan fingerprint density at radius 1 is 1.31 bits per heavy atom. The van der Waals surface area contributed by atoms with Gasteiger partial charge >= 0.3 is 0 Å². The highest BCUT2D eigenvalue weighted by Crippen LogP contribution is 2.03. The first-order valence-electron chi connectivity index (χ1n) is 3.98. The maximum Gasteiger partial charge on any atom is 0.178 e. The highest BCUT2D eigenvalue weighted by molar-refractivity contribution is 5.41. The van der Waals surface area contributed by atoms with Crippen LogP contribution < -0.4 is 11.5 Å². The number of rotatable bonds is 2. The molecular weight excluding hydrogens is 168 g/mol. The molecule has 0 aliphatic heterocycles. The lowest BCUT2D eigenvalue weighted by Gasteiger charge is -1.96. The van der Waals surface area contributed by atoms with Crippen molar-refractivity contribution in [2.75, 3.05) is 12.3 Å². The van der Waals surface area contributed by atoms with Gasteiger partial charge in [-0.05, 0) is 18.7 Å². The van der Waals surface area contributed by atoms with Crippen LogP contribution >= 0.6 is 0 Å². The number of aromatic nitrogens is 4. The van der Waals surface area contributed by atoms with Gasteiger partial charge in [-0.3, -0.25) is 0 Å². The van der Waals surface area contributed by atoms with Crippen LogP contribution in [0.4, 0.5) is 5.82 Å². The molecule has 0 amide bonds. The predicted octanol–water partition coefficient (Wildman–Crippen LogP) is -0.792. The minimum atomic E-state index is 0.450. The van der Waals surface area contributed by atoms with Crippen molar-refractivity contribution in [3.8, 4) is 0 Å². The highest BCUT2D eigenvalue weighted by atomic mass is 15.4. The Balaban J connectivity index is 2.58. The highest BCUT2D eigenvalue weighted by Gasteiger charge is 2.04. The first-order chi connectivity index (χ1) is 6.31. The summed E-state index contributed by atoms with van der Waals surface area (Å²) in [6.45, 7) is 0.525. The molecule has 2 heterocycles. The molecule has 0 aliphatic rings. The minimum absolute atomic E-state index is 0.450.